The third kappa shape index (κ3) is 4.55. The number of nitrogens with zero attached hydrogens (tertiary/aromatic N) is 2. The van der Waals surface area contributed by atoms with Gasteiger partial charge in [-0.1, -0.05) is 5.16 Å². The van der Waals surface area contributed by atoms with Gasteiger partial charge in [0.2, 0.25) is 11.8 Å². The Morgan fingerprint density at radius 2 is 1.81 bits per heavy atom. The van der Waals surface area contributed by atoms with Crippen molar-refractivity contribution in [1.82, 2.24) is 10.1 Å². The van der Waals surface area contributed by atoms with E-state index in [-0.39, 0.29) is 24.7 Å². The highest BCUT2D eigenvalue weighted by Gasteiger charge is 2.21. The second-order valence-corrected chi connectivity index (χ2v) is 5.62. The first-order chi connectivity index (χ1) is 13.0. The van der Waals surface area contributed by atoms with E-state index in [1.54, 1.807) is 36.7 Å². The summed E-state index contributed by atoms with van der Waals surface area (Å²) >= 11 is 0. The molecular weight excluding hydrogens is 353 g/mol. The molecule has 8 heteroatoms. The molecule has 3 aromatic rings. The van der Waals surface area contributed by atoms with E-state index in [1.165, 1.54) is 19.1 Å². The third-order valence-electron chi connectivity index (χ3n) is 3.67. The quantitative estimate of drug-likeness (QED) is 0.669. The number of carbonyl (C=O) groups is 2. The lowest BCUT2D eigenvalue weighted by Gasteiger charge is -2.06. The molecule has 0 aliphatic heterocycles. The van der Waals surface area contributed by atoms with Crippen molar-refractivity contribution in [2.75, 3.05) is 11.9 Å². The van der Waals surface area contributed by atoms with Gasteiger partial charge in [-0.25, -0.2) is 4.39 Å². The van der Waals surface area contributed by atoms with Crippen LogP contribution in [0, 0.1) is 5.82 Å². The number of hydrogen-bond donors (Lipinski definition) is 1. The van der Waals surface area contributed by atoms with E-state index in [0.29, 0.717) is 16.8 Å². The number of nitrogens with one attached hydrogen (secondary N) is 1. The van der Waals surface area contributed by atoms with Gasteiger partial charge in [-0.2, -0.15) is 0 Å². The van der Waals surface area contributed by atoms with Gasteiger partial charge in [-0.3, -0.25) is 19.9 Å². The summed E-state index contributed by atoms with van der Waals surface area (Å²) in [6.45, 7) is 1.23. The monoisotopic (exact) mass is 369 g/mol. The van der Waals surface area contributed by atoms with Crippen LogP contribution >= 0.6 is 0 Å². The van der Waals surface area contributed by atoms with E-state index in [2.05, 4.69) is 15.5 Å². The van der Waals surface area contributed by atoms with Crippen LogP contribution in [0.25, 0.3) is 22.4 Å². The minimum absolute atomic E-state index is 0.0258. The molecule has 0 aliphatic rings. The highest BCUT2D eigenvalue weighted by Crippen LogP contribution is 2.37. The van der Waals surface area contributed by atoms with E-state index in [0.717, 1.165) is 5.56 Å². The largest absolute Gasteiger partial charge is 0.465 e. The molecule has 2 heterocycles. The number of carbonyl (C=O) groups excluding carboxylic acids is 2. The molecule has 0 unspecified atom stereocenters. The van der Waals surface area contributed by atoms with Crippen LogP contribution in [0.1, 0.15) is 13.3 Å². The SMILES string of the molecule is CC(=O)OCCC(=O)Nc1onc(-c2ccc(F)cc2)c1-c1ccncc1. The Hall–Kier alpha value is -3.55. The second kappa shape index (κ2) is 8.22. The molecule has 0 bridgehead atoms. The van der Waals surface area contributed by atoms with Crippen LogP contribution in [0.5, 0.6) is 0 Å². The Bertz CT molecular complexity index is 939. The van der Waals surface area contributed by atoms with Crippen LogP contribution in [0.4, 0.5) is 10.3 Å². The van der Waals surface area contributed by atoms with Gasteiger partial charge in [0.05, 0.1) is 12.0 Å². The van der Waals surface area contributed by atoms with Crippen molar-refractivity contribution in [3.63, 3.8) is 0 Å². The van der Waals surface area contributed by atoms with Crippen LogP contribution in [-0.2, 0) is 14.3 Å². The van der Waals surface area contributed by atoms with Crippen molar-refractivity contribution in [3.8, 4) is 22.4 Å². The molecule has 3 rings (SSSR count). The van der Waals surface area contributed by atoms with Gasteiger partial charge in [-0.15, -0.1) is 0 Å². The van der Waals surface area contributed by atoms with Gasteiger partial charge in [-0.05, 0) is 42.0 Å². The minimum Gasteiger partial charge on any atom is -0.465 e. The predicted octanol–water partition coefficient (Wildman–Crippen LogP) is 3.43. The van der Waals surface area contributed by atoms with Crippen LogP contribution in [-0.4, -0.2) is 28.6 Å². The molecule has 0 aliphatic carbocycles. The molecule has 0 atom stereocenters. The third-order valence-corrected chi connectivity index (χ3v) is 3.67. The first-order valence-electron chi connectivity index (χ1n) is 8.14. The lowest BCUT2D eigenvalue weighted by Crippen LogP contribution is -2.15. The van der Waals surface area contributed by atoms with Crippen LogP contribution in [0.15, 0.2) is 53.3 Å². The highest BCUT2D eigenvalue weighted by atomic mass is 19.1. The molecule has 0 radical (unpaired) electrons. The lowest BCUT2D eigenvalue weighted by molar-refractivity contribution is -0.141. The Balaban J connectivity index is 1.91. The van der Waals surface area contributed by atoms with Crippen molar-refractivity contribution in [3.05, 3.63) is 54.6 Å². The fraction of sp³-hybridized carbons (Fsp3) is 0.158. The molecule has 0 spiro atoms. The first kappa shape index (κ1) is 18.2. The molecule has 0 saturated carbocycles. The van der Waals surface area contributed by atoms with Gasteiger partial charge in [0.25, 0.3) is 0 Å². The van der Waals surface area contributed by atoms with Crippen molar-refractivity contribution in [2.45, 2.75) is 13.3 Å². The molecule has 1 aromatic carbocycles. The van der Waals surface area contributed by atoms with Crippen LogP contribution < -0.4 is 5.32 Å². The molecule has 2 aromatic heterocycles. The average molecular weight is 369 g/mol. The molecule has 0 saturated heterocycles. The van der Waals surface area contributed by atoms with E-state index < -0.39 is 11.9 Å². The number of anilines is 1. The zero-order chi connectivity index (χ0) is 19.2. The number of pyridine rings is 1. The lowest BCUT2D eigenvalue weighted by atomic mass is 10.0. The number of ether oxygens (including phenoxy) is 1. The maximum atomic E-state index is 13.2. The van der Waals surface area contributed by atoms with E-state index >= 15 is 0 Å². The molecular formula is C19H16FN3O4. The molecule has 0 fully saturated rings. The molecule has 7 nitrogen and oxygen atoms in total. The zero-order valence-corrected chi connectivity index (χ0v) is 14.4. The predicted molar refractivity (Wildman–Crippen MR) is 95.0 cm³/mol. The molecule has 138 valence electrons. The Labute approximate surface area is 154 Å². The maximum Gasteiger partial charge on any atom is 0.302 e. The minimum atomic E-state index is -0.460. The maximum absolute atomic E-state index is 13.2. The van der Waals surface area contributed by atoms with Gasteiger partial charge in [0, 0.05) is 24.9 Å². The van der Waals surface area contributed by atoms with E-state index in [1.807, 2.05) is 0 Å². The van der Waals surface area contributed by atoms with Crippen LogP contribution in [0.2, 0.25) is 0 Å². The number of halogens is 1. The average Bonchev–Trinajstić information content (AvgIpc) is 3.06. The summed E-state index contributed by atoms with van der Waals surface area (Å²) in [5, 5.41) is 6.67. The smallest absolute Gasteiger partial charge is 0.302 e. The Morgan fingerprint density at radius 1 is 1.11 bits per heavy atom. The van der Waals surface area contributed by atoms with E-state index in [9.17, 15) is 14.0 Å². The molecule has 1 N–H and O–H groups in total. The molecule has 1 amide bonds. The summed E-state index contributed by atoms with van der Waals surface area (Å²) in [5.41, 5.74) is 2.36. The first-order valence-corrected chi connectivity index (χ1v) is 8.14. The summed E-state index contributed by atoms with van der Waals surface area (Å²) in [5.74, 6) is -1.08. The van der Waals surface area contributed by atoms with Crippen molar-refractivity contribution in [1.29, 1.82) is 0 Å². The summed E-state index contributed by atoms with van der Waals surface area (Å²) < 4.78 is 23.3. The summed E-state index contributed by atoms with van der Waals surface area (Å²) in [6, 6.07) is 9.27. The number of aromatic nitrogens is 2. The zero-order valence-electron chi connectivity index (χ0n) is 14.4. The number of amides is 1. The second-order valence-electron chi connectivity index (χ2n) is 5.62. The van der Waals surface area contributed by atoms with Gasteiger partial charge in [0.15, 0.2) is 0 Å². The normalized spacial score (nSPS) is 10.4. The number of rotatable bonds is 6. The van der Waals surface area contributed by atoms with Gasteiger partial charge in [0.1, 0.15) is 18.1 Å². The summed E-state index contributed by atoms with van der Waals surface area (Å²) in [6.07, 6.45) is 3.17. The number of hydrogen-bond acceptors (Lipinski definition) is 6. The van der Waals surface area contributed by atoms with Crippen molar-refractivity contribution < 1.29 is 23.2 Å². The van der Waals surface area contributed by atoms with E-state index in [4.69, 9.17) is 9.26 Å². The van der Waals surface area contributed by atoms with Crippen molar-refractivity contribution in [2.24, 2.45) is 0 Å². The standard InChI is InChI=1S/C19H16FN3O4/c1-12(24)26-11-8-16(25)22-19-17(13-6-9-21-10-7-13)18(23-27-19)14-2-4-15(20)5-3-14/h2-7,9-10H,8,11H2,1H3,(H,22,25). The highest BCUT2D eigenvalue weighted by molar-refractivity contribution is 5.97. The number of benzene rings is 1. The summed E-state index contributed by atoms with van der Waals surface area (Å²) in [4.78, 5) is 26.9. The summed E-state index contributed by atoms with van der Waals surface area (Å²) in [7, 11) is 0. The Kier molecular flexibility index (Phi) is 5.55. The van der Waals surface area contributed by atoms with Gasteiger partial charge < -0.3 is 9.26 Å². The van der Waals surface area contributed by atoms with Crippen molar-refractivity contribution >= 4 is 17.8 Å². The van der Waals surface area contributed by atoms with Crippen LogP contribution in [0.3, 0.4) is 0 Å². The molecule has 27 heavy (non-hydrogen) atoms. The fourth-order valence-electron chi connectivity index (χ4n) is 2.44. The Morgan fingerprint density at radius 3 is 2.48 bits per heavy atom. The number of esters is 1. The fourth-order valence-corrected chi connectivity index (χ4v) is 2.44. The topological polar surface area (TPSA) is 94.3 Å². The van der Waals surface area contributed by atoms with Gasteiger partial charge >= 0.3 is 5.97 Å².